The van der Waals surface area contributed by atoms with Gasteiger partial charge in [-0.2, -0.15) is 0 Å². The summed E-state index contributed by atoms with van der Waals surface area (Å²) in [5, 5.41) is 4.97. The van der Waals surface area contributed by atoms with Gasteiger partial charge in [-0.05, 0) is 35.0 Å². The first-order chi connectivity index (χ1) is 14.8. The Kier molecular flexibility index (Phi) is 3.83. The molecular weight excluding hydrogens is 392 g/mol. The van der Waals surface area contributed by atoms with Crippen molar-refractivity contribution in [3.63, 3.8) is 0 Å². The average Bonchev–Trinajstić information content (AvgIpc) is 3.17. The number of furan rings is 1. The molecule has 4 heteroatoms. The molecule has 2 aromatic heterocycles. The molecule has 0 aliphatic rings. The van der Waals surface area contributed by atoms with Crippen LogP contribution in [0.1, 0.15) is 0 Å². The first kappa shape index (κ1) is 17.2. The Balaban J connectivity index is 1.59. The molecule has 0 atom stereocenters. The minimum Gasteiger partial charge on any atom is -0.456 e. The van der Waals surface area contributed by atoms with Gasteiger partial charge in [0.25, 0.3) is 0 Å². The predicted octanol–water partition coefficient (Wildman–Crippen LogP) is 7.52. The van der Waals surface area contributed by atoms with Gasteiger partial charge in [-0.3, -0.25) is 0 Å². The maximum atomic E-state index is 6.35. The van der Waals surface area contributed by atoms with Crippen molar-refractivity contribution in [3.8, 4) is 22.6 Å². The molecule has 6 aromatic rings. The van der Waals surface area contributed by atoms with Gasteiger partial charge in [-0.25, -0.2) is 9.97 Å². The van der Waals surface area contributed by atoms with Crippen molar-refractivity contribution in [2.24, 2.45) is 0 Å². The van der Waals surface area contributed by atoms with Gasteiger partial charge in [-0.15, -0.1) is 0 Å². The summed E-state index contributed by atoms with van der Waals surface area (Å²) < 4.78 is 6.11. The Morgan fingerprint density at radius 3 is 2.33 bits per heavy atom. The monoisotopic (exact) mass is 406 g/mol. The number of halogens is 1. The molecule has 30 heavy (non-hydrogen) atoms. The second kappa shape index (κ2) is 6.68. The van der Waals surface area contributed by atoms with Crippen LogP contribution in [-0.2, 0) is 0 Å². The smallest absolute Gasteiger partial charge is 0.161 e. The summed E-state index contributed by atoms with van der Waals surface area (Å²) in [5.41, 5.74) is 4.42. The predicted molar refractivity (Wildman–Crippen MR) is 123 cm³/mol. The molecule has 3 nitrogen and oxygen atoms in total. The van der Waals surface area contributed by atoms with Crippen LogP contribution in [0.25, 0.3) is 55.4 Å². The van der Waals surface area contributed by atoms with E-state index in [1.807, 2.05) is 48.5 Å². The molecule has 0 unspecified atom stereocenters. The van der Waals surface area contributed by atoms with E-state index >= 15 is 0 Å². The zero-order valence-corrected chi connectivity index (χ0v) is 16.6. The lowest BCUT2D eigenvalue weighted by molar-refractivity contribution is 0.669. The number of hydrogen-bond donors (Lipinski definition) is 0. The SMILES string of the molecule is Clc1cc(-c2ccc3oc4ccc5ccccc5c4c3c2)nc(-c2ccccc2)n1. The lowest BCUT2D eigenvalue weighted by Gasteiger charge is -2.06. The van der Waals surface area contributed by atoms with Crippen molar-refractivity contribution in [3.05, 3.63) is 96.1 Å². The van der Waals surface area contributed by atoms with Crippen molar-refractivity contribution < 1.29 is 4.42 Å². The molecule has 0 radical (unpaired) electrons. The number of hydrogen-bond acceptors (Lipinski definition) is 3. The van der Waals surface area contributed by atoms with Crippen LogP contribution >= 0.6 is 11.6 Å². The molecule has 0 amide bonds. The highest BCUT2D eigenvalue weighted by Crippen LogP contribution is 2.36. The standard InChI is InChI=1S/C26H15ClN2O/c27-24-15-21(28-26(29-24)17-7-2-1-3-8-17)18-11-12-22-20(14-18)25-19-9-5-4-6-16(19)10-13-23(25)30-22/h1-15H. The Labute approximate surface area is 177 Å². The van der Waals surface area contributed by atoms with Crippen molar-refractivity contribution in [1.82, 2.24) is 9.97 Å². The maximum Gasteiger partial charge on any atom is 0.161 e. The fourth-order valence-electron chi connectivity index (χ4n) is 3.99. The molecule has 0 aliphatic carbocycles. The van der Waals surface area contributed by atoms with Gasteiger partial charge in [0, 0.05) is 28.0 Å². The molecule has 2 heterocycles. The van der Waals surface area contributed by atoms with E-state index in [1.54, 1.807) is 6.07 Å². The molecule has 4 aromatic carbocycles. The van der Waals surface area contributed by atoms with E-state index in [0.29, 0.717) is 11.0 Å². The number of rotatable bonds is 2. The Morgan fingerprint density at radius 1 is 0.633 bits per heavy atom. The summed E-state index contributed by atoms with van der Waals surface area (Å²) in [6.07, 6.45) is 0. The summed E-state index contributed by atoms with van der Waals surface area (Å²) in [4.78, 5) is 9.19. The number of fused-ring (bicyclic) bond motifs is 5. The average molecular weight is 407 g/mol. The highest BCUT2D eigenvalue weighted by molar-refractivity contribution is 6.29. The van der Waals surface area contributed by atoms with Crippen LogP contribution in [0.2, 0.25) is 5.15 Å². The number of nitrogens with zero attached hydrogens (tertiary/aromatic N) is 2. The molecular formula is C26H15ClN2O. The third-order valence-corrected chi connectivity index (χ3v) is 5.58. The lowest BCUT2D eigenvalue weighted by Crippen LogP contribution is -1.93. The Bertz CT molecular complexity index is 1550. The van der Waals surface area contributed by atoms with E-state index in [0.717, 1.165) is 38.8 Å². The molecule has 0 spiro atoms. The highest BCUT2D eigenvalue weighted by atomic mass is 35.5. The van der Waals surface area contributed by atoms with Crippen LogP contribution in [0.15, 0.2) is 95.4 Å². The first-order valence-corrected chi connectivity index (χ1v) is 10.1. The molecule has 0 fully saturated rings. The molecule has 0 N–H and O–H groups in total. The van der Waals surface area contributed by atoms with Crippen LogP contribution in [0, 0.1) is 0 Å². The summed E-state index contributed by atoms with van der Waals surface area (Å²) >= 11 is 6.35. The third-order valence-electron chi connectivity index (χ3n) is 5.38. The molecule has 142 valence electrons. The van der Waals surface area contributed by atoms with Crippen molar-refractivity contribution >= 4 is 44.3 Å². The normalized spacial score (nSPS) is 11.5. The second-order valence-corrected chi connectivity index (χ2v) is 7.63. The van der Waals surface area contributed by atoms with Gasteiger partial charge >= 0.3 is 0 Å². The van der Waals surface area contributed by atoms with E-state index in [1.165, 1.54) is 10.8 Å². The van der Waals surface area contributed by atoms with E-state index in [2.05, 4.69) is 41.4 Å². The van der Waals surface area contributed by atoms with E-state index in [9.17, 15) is 0 Å². The van der Waals surface area contributed by atoms with Gasteiger partial charge in [0.1, 0.15) is 16.3 Å². The minimum atomic E-state index is 0.418. The van der Waals surface area contributed by atoms with Crippen molar-refractivity contribution in [2.45, 2.75) is 0 Å². The highest BCUT2D eigenvalue weighted by Gasteiger charge is 2.13. The van der Waals surface area contributed by atoms with Gasteiger partial charge in [0.15, 0.2) is 5.82 Å². The Hall–Kier alpha value is -3.69. The molecule has 0 saturated heterocycles. The number of aromatic nitrogens is 2. The van der Waals surface area contributed by atoms with E-state index < -0.39 is 0 Å². The summed E-state index contributed by atoms with van der Waals surface area (Å²) in [7, 11) is 0. The second-order valence-electron chi connectivity index (χ2n) is 7.24. The van der Waals surface area contributed by atoms with Gasteiger partial charge in [0.2, 0.25) is 0 Å². The maximum absolute atomic E-state index is 6.35. The number of benzene rings is 4. The van der Waals surface area contributed by atoms with E-state index in [-0.39, 0.29) is 0 Å². The largest absolute Gasteiger partial charge is 0.456 e. The van der Waals surface area contributed by atoms with Crippen LogP contribution in [0.4, 0.5) is 0 Å². The van der Waals surface area contributed by atoms with Crippen molar-refractivity contribution in [2.75, 3.05) is 0 Å². The summed E-state index contributed by atoms with van der Waals surface area (Å²) in [6.45, 7) is 0. The van der Waals surface area contributed by atoms with Gasteiger partial charge < -0.3 is 4.42 Å². The van der Waals surface area contributed by atoms with Crippen molar-refractivity contribution in [1.29, 1.82) is 0 Å². The first-order valence-electron chi connectivity index (χ1n) is 9.71. The zero-order chi connectivity index (χ0) is 20.1. The quantitative estimate of drug-likeness (QED) is 0.279. The molecule has 0 bridgehead atoms. The minimum absolute atomic E-state index is 0.418. The molecule has 0 aliphatic heterocycles. The van der Waals surface area contributed by atoms with Gasteiger partial charge in [-0.1, -0.05) is 72.3 Å². The van der Waals surface area contributed by atoms with Gasteiger partial charge in [0.05, 0.1) is 5.69 Å². The fourth-order valence-corrected chi connectivity index (χ4v) is 4.17. The van der Waals surface area contributed by atoms with Crippen LogP contribution in [0.5, 0.6) is 0 Å². The fraction of sp³-hybridized carbons (Fsp3) is 0. The molecule has 6 rings (SSSR count). The molecule has 0 saturated carbocycles. The zero-order valence-electron chi connectivity index (χ0n) is 15.8. The topological polar surface area (TPSA) is 38.9 Å². The Morgan fingerprint density at radius 2 is 1.43 bits per heavy atom. The third kappa shape index (κ3) is 2.75. The lowest BCUT2D eigenvalue weighted by atomic mass is 10.0. The van der Waals surface area contributed by atoms with Crippen LogP contribution < -0.4 is 0 Å². The van der Waals surface area contributed by atoms with E-state index in [4.69, 9.17) is 21.0 Å². The van der Waals surface area contributed by atoms with Crippen LogP contribution in [-0.4, -0.2) is 9.97 Å². The summed E-state index contributed by atoms with van der Waals surface area (Å²) in [6, 6.07) is 30.3. The van der Waals surface area contributed by atoms with Crippen LogP contribution in [0.3, 0.4) is 0 Å². The summed E-state index contributed by atoms with van der Waals surface area (Å²) in [5.74, 6) is 0.612.